The van der Waals surface area contributed by atoms with Gasteiger partial charge in [0.1, 0.15) is 6.23 Å². The molecule has 0 aromatic rings. The maximum absolute atomic E-state index is 12.8. The van der Waals surface area contributed by atoms with Crippen LogP contribution in [0.15, 0.2) is 0 Å². The number of hydrogen-bond acceptors (Lipinski definition) is 3. The van der Waals surface area contributed by atoms with Crippen LogP contribution in [0.4, 0.5) is 0 Å². The molecule has 0 unspecified atom stereocenters. The van der Waals surface area contributed by atoms with Gasteiger partial charge in [-0.25, -0.2) is 9.76 Å². The molecule has 8 heteroatoms. The van der Waals surface area contributed by atoms with Crippen molar-refractivity contribution >= 4 is 30.9 Å². The first kappa shape index (κ1) is 15.0. The van der Waals surface area contributed by atoms with Crippen LogP contribution < -0.4 is 5.09 Å². The van der Waals surface area contributed by atoms with Gasteiger partial charge < -0.3 is 9.26 Å². The zero-order valence-corrected chi connectivity index (χ0v) is 12.6. The monoisotopic (exact) mass is 316 g/mol. The van der Waals surface area contributed by atoms with Crippen molar-refractivity contribution in [1.82, 2.24) is 9.76 Å². The van der Waals surface area contributed by atoms with Gasteiger partial charge >= 0.3 is 7.67 Å². The van der Waals surface area contributed by atoms with Crippen molar-refractivity contribution in [3.05, 3.63) is 0 Å². The average molecular weight is 317 g/mol. The molecule has 2 aliphatic rings. The average Bonchev–Trinajstić information content (AvgIpc) is 2.38. The van der Waals surface area contributed by atoms with E-state index in [9.17, 15) is 4.57 Å². The molecule has 2 rings (SSSR count). The Hall–Kier alpha value is 0.650. The van der Waals surface area contributed by atoms with Gasteiger partial charge in [0.2, 0.25) is 0 Å². The van der Waals surface area contributed by atoms with Crippen LogP contribution in [-0.4, -0.2) is 49.0 Å². The summed E-state index contributed by atoms with van der Waals surface area (Å²) in [5, 5.41) is 3.02. The Morgan fingerprint density at radius 2 is 2.06 bits per heavy atom. The summed E-state index contributed by atoms with van der Waals surface area (Å²) >= 11 is 11.5. The highest BCUT2D eigenvalue weighted by Gasteiger charge is 2.43. The fraction of sp³-hybridized carbons (Fsp3) is 1.00. The molecule has 0 saturated carbocycles. The van der Waals surface area contributed by atoms with E-state index in [0.29, 0.717) is 38.1 Å². The lowest BCUT2D eigenvalue weighted by molar-refractivity contribution is -0.0650. The van der Waals surface area contributed by atoms with Crippen molar-refractivity contribution in [2.45, 2.75) is 19.1 Å². The smallest absolute Gasteiger partial charge is 0.345 e. The molecule has 2 heterocycles. The van der Waals surface area contributed by atoms with Gasteiger partial charge in [0, 0.05) is 37.4 Å². The maximum atomic E-state index is 12.8. The third-order valence-corrected chi connectivity index (χ3v) is 5.82. The Kier molecular flexibility index (Phi) is 5.76. The molecule has 2 saturated heterocycles. The molecule has 1 N–H and O–H groups in total. The Morgan fingerprint density at radius 3 is 2.72 bits per heavy atom. The summed E-state index contributed by atoms with van der Waals surface area (Å²) in [7, 11) is -3.06. The van der Waals surface area contributed by atoms with Crippen molar-refractivity contribution in [1.29, 1.82) is 0 Å². The molecule has 0 amide bonds. The number of alkyl halides is 2. The van der Waals surface area contributed by atoms with E-state index in [1.54, 1.807) is 4.67 Å². The first-order valence-electron chi connectivity index (χ1n) is 6.21. The van der Waals surface area contributed by atoms with Gasteiger partial charge in [0.25, 0.3) is 0 Å². The number of hydrogen-bond donors (Lipinski definition) is 1. The van der Waals surface area contributed by atoms with Gasteiger partial charge in [-0.3, -0.25) is 4.57 Å². The first-order valence-corrected chi connectivity index (χ1v) is 8.85. The third-order valence-electron chi connectivity index (χ3n) is 3.26. The topological polar surface area (TPSA) is 50.8 Å². The predicted molar refractivity (Wildman–Crippen MR) is 72.2 cm³/mol. The third kappa shape index (κ3) is 3.40. The van der Waals surface area contributed by atoms with Crippen LogP contribution in [0.5, 0.6) is 0 Å². The minimum atomic E-state index is -3.06. The number of halogens is 2. The standard InChI is InChI=1S/C10H19Cl2N2O3P/c11-3-5-14(6-4-12)18(15)13-10-9(8-17-18)2-1-7-16-10/h9-10H,1-8H2,(H,13,15)/t9-,10-,18+/m0/s1. The second-order valence-corrected chi connectivity index (χ2v) is 7.35. The number of fused-ring (bicyclic) bond motifs is 1. The zero-order chi connectivity index (χ0) is 13.0. The van der Waals surface area contributed by atoms with E-state index >= 15 is 0 Å². The Morgan fingerprint density at radius 1 is 1.33 bits per heavy atom. The number of nitrogens with zero attached hydrogens (tertiary/aromatic N) is 1. The van der Waals surface area contributed by atoms with Gasteiger partial charge in [0.05, 0.1) is 6.61 Å². The van der Waals surface area contributed by atoms with E-state index < -0.39 is 7.67 Å². The molecule has 0 spiro atoms. The van der Waals surface area contributed by atoms with E-state index in [-0.39, 0.29) is 12.1 Å². The summed E-state index contributed by atoms with van der Waals surface area (Å²) in [6, 6.07) is 0. The van der Waals surface area contributed by atoms with Crippen molar-refractivity contribution in [2.24, 2.45) is 5.92 Å². The lowest BCUT2D eigenvalue weighted by atomic mass is 10.0. The fourth-order valence-electron chi connectivity index (χ4n) is 2.29. The van der Waals surface area contributed by atoms with Gasteiger partial charge in [-0.2, -0.15) is 0 Å². The molecular weight excluding hydrogens is 298 g/mol. The van der Waals surface area contributed by atoms with Crippen molar-refractivity contribution in [3.8, 4) is 0 Å². The van der Waals surface area contributed by atoms with Crippen LogP contribution in [0.2, 0.25) is 0 Å². The summed E-state index contributed by atoms with van der Waals surface area (Å²) in [6.45, 7) is 2.14. The van der Waals surface area contributed by atoms with Crippen LogP contribution in [0, 0.1) is 5.92 Å². The zero-order valence-electron chi connectivity index (χ0n) is 10.2. The van der Waals surface area contributed by atoms with Crippen molar-refractivity contribution < 1.29 is 13.8 Å². The molecular formula is C10H19Cl2N2O3P. The van der Waals surface area contributed by atoms with Crippen LogP contribution in [-0.2, 0) is 13.8 Å². The number of ether oxygens (including phenoxy) is 1. The predicted octanol–water partition coefficient (Wildman–Crippen LogP) is 2.25. The highest BCUT2D eigenvalue weighted by Crippen LogP contribution is 2.51. The van der Waals surface area contributed by atoms with Gasteiger partial charge in [-0.15, -0.1) is 23.2 Å². The number of nitrogens with one attached hydrogen (secondary N) is 1. The van der Waals surface area contributed by atoms with Gasteiger partial charge in [-0.1, -0.05) is 0 Å². The molecule has 18 heavy (non-hydrogen) atoms. The second-order valence-electron chi connectivity index (χ2n) is 4.47. The molecule has 2 aliphatic heterocycles. The Labute approximate surface area is 118 Å². The first-order chi connectivity index (χ1) is 8.69. The van der Waals surface area contributed by atoms with E-state index in [4.69, 9.17) is 32.5 Å². The minimum absolute atomic E-state index is 0.175. The van der Waals surface area contributed by atoms with E-state index in [1.165, 1.54) is 0 Å². The summed E-state index contributed by atoms with van der Waals surface area (Å²) in [6.07, 6.45) is 1.90. The molecule has 0 aromatic heterocycles. The Balaban J connectivity index is 2.03. The highest BCUT2D eigenvalue weighted by atomic mass is 35.5. The molecule has 5 nitrogen and oxygen atoms in total. The van der Waals surface area contributed by atoms with Gasteiger partial charge in [-0.05, 0) is 12.8 Å². The van der Waals surface area contributed by atoms with Crippen molar-refractivity contribution in [3.63, 3.8) is 0 Å². The van der Waals surface area contributed by atoms with E-state index in [0.717, 1.165) is 12.8 Å². The fourth-order valence-corrected chi connectivity index (χ4v) is 5.06. The maximum Gasteiger partial charge on any atom is 0.345 e. The number of rotatable bonds is 5. The summed E-state index contributed by atoms with van der Waals surface area (Å²) in [5.41, 5.74) is 0. The summed E-state index contributed by atoms with van der Waals surface area (Å²) < 4.78 is 25.7. The molecule has 2 fully saturated rings. The highest BCUT2D eigenvalue weighted by molar-refractivity contribution is 7.54. The lowest BCUT2D eigenvalue weighted by Gasteiger charge is -2.42. The molecule has 0 bridgehead atoms. The van der Waals surface area contributed by atoms with E-state index in [2.05, 4.69) is 5.09 Å². The van der Waals surface area contributed by atoms with Crippen LogP contribution >= 0.6 is 30.9 Å². The molecule has 106 valence electrons. The van der Waals surface area contributed by atoms with Gasteiger partial charge in [0.15, 0.2) is 0 Å². The van der Waals surface area contributed by atoms with E-state index in [1.807, 2.05) is 0 Å². The quantitative estimate of drug-likeness (QED) is 0.622. The Bertz CT molecular complexity index is 315. The molecule has 0 radical (unpaired) electrons. The summed E-state index contributed by atoms with van der Waals surface area (Å²) in [4.78, 5) is 0. The normalized spacial score (nSPS) is 36.6. The SMILES string of the molecule is O=[P@]1(N(CCCl)CCCl)N[C@H]2OCCC[C@H]2CO1. The van der Waals surface area contributed by atoms with Crippen molar-refractivity contribution in [2.75, 3.05) is 38.1 Å². The molecule has 0 aliphatic carbocycles. The molecule has 3 atom stereocenters. The minimum Gasteiger partial charge on any atom is -0.362 e. The lowest BCUT2D eigenvalue weighted by Crippen LogP contribution is -2.49. The van der Waals surface area contributed by atoms with Crippen LogP contribution in [0.3, 0.4) is 0 Å². The summed E-state index contributed by atoms with van der Waals surface area (Å²) in [5.74, 6) is 1.07. The van der Waals surface area contributed by atoms with Crippen LogP contribution in [0.1, 0.15) is 12.8 Å². The van der Waals surface area contributed by atoms with Crippen LogP contribution in [0.25, 0.3) is 0 Å². The largest absolute Gasteiger partial charge is 0.362 e. The second kappa shape index (κ2) is 6.89. The molecule has 0 aromatic carbocycles.